The number of halogens is 1. The third-order valence-corrected chi connectivity index (χ3v) is 4.13. The number of hydrogen-bond acceptors (Lipinski definition) is 3. The quantitative estimate of drug-likeness (QED) is 0.655. The Morgan fingerprint density at radius 3 is 2.88 bits per heavy atom. The average molecular weight is 329 g/mol. The number of aromatic nitrogens is 4. The number of aryl methyl sites for hydroxylation is 3. The summed E-state index contributed by atoms with van der Waals surface area (Å²) in [5, 5.41) is 8.01. The lowest BCUT2D eigenvalue weighted by atomic mass is 10.2. The number of imidazole rings is 1. The molecule has 2 aromatic heterocycles. The van der Waals surface area contributed by atoms with Crippen LogP contribution in [0.25, 0.3) is 11.0 Å². The summed E-state index contributed by atoms with van der Waals surface area (Å²) >= 11 is 0. The number of nitrogens with one attached hydrogen (secondary N) is 2. The highest BCUT2D eigenvalue weighted by atomic mass is 19.1. The third-order valence-electron chi connectivity index (χ3n) is 4.13. The van der Waals surface area contributed by atoms with E-state index < -0.39 is 0 Å². The van der Waals surface area contributed by atoms with Crippen LogP contribution in [0.2, 0.25) is 0 Å². The number of hydrogen-bond donors (Lipinski definition) is 2. The second-order valence-corrected chi connectivity index (χ2v) is 6.41. The smallest absolute Gasteiger partial charge is 0.125 e. The zero-order chi connectivity index (χ0) is 17.1. The molecule has 0 fully saturated rings. The van der Waals surface area contributed by atoms with Gasteiger partial charge in [0.05, 0.1) is 23.3 Å². The molecule has 0 radical (unpaired) electrons. The number of fused-ring (bicyclic) bond motifs is 1. The lowest BCUT2D eigenvalue weighted by Crippen LogP contribution is -2.32. The largest absolute Gasteiger partial charge is 0.342 e. The van der Waals surface area contributed by atoms with Gasteiger partial charge < -0.3 is 10.3 Å². The lowest BCUT2D eigenvalue weighted by molar-refractivity contribution is 0.441. The van der Waals surface area contributed by atoms with Crippen LogP contribution in [0.15, 0.2) is 24.3 Å². The molecule has 0 aliphatic rings. The number of aromatic amines is 1. The Labute approximate surface area is 141 Å². The number of H-pyrrole nitrogens is 1. The average Bonchev–Trinajstić information content (AvgIpc) is 3.06. The van der Waals surface area contributed by atoms with E-state index in [0.29, 0.717) is 6.04 Å². The molecule has 2 N–H and O–H groups in total. The van der Waals surface area contributed by atoms with Crippen LogP contribution in [0.1, 0.15) is 30.6 Å². The second kappa shape index (κ2) is 7.13. The SMILES string of the molecule is Cc1cc(C)n(CC(C)NCCCc2nc3ccc(F)cc3[nH]2)n1. The van der Waals surface area contributed by atoms with E-state index in [2.05, 4.69) is 40.3 Å². The minimum Gasteiger partial charge on any atom is -0.342 e. The Bertz CT molecular complexity index is 820. The molecule has 5 nitrogen and oxygen atoms in total. The Morgan fingerprint density at radius 1 is 1.29 bits per heavy atom. The molecule has 3 rings (SSSR count). The zero-order valence-electron chi connectivity index (χ0n) is 14.4. The van der Waals surface area contributed by atoms with Crippen LogP contribution >= 0.6 is 0 Å². The van der Waals surface area contributed by atoms with Crippen molar-refractivity contribution in [3.63, 3.8) is 0 Å². The van der Waals surface area contributed by atoms with Gasteiger partial charge in [-0.2, -0.15) is 5.10 Å². The van der Waals surface area contributed by atoms with Gasteiger partial charge in [0.25, 0.3) is 0 Å². The lowest BCUT2D eigenvalue weighted by Gasteiger charge is -2.14. The van der Waals surface area contributed by atoms with Gasteiger partial charge in [0.2, 0.25) is 0 Å². The molecule has 6 heteroatoms. The van der Waals surface area contributed by atoms with Crippen LogP contribution in [0, 0.1) is 19.7 Å². The third kappa shape index (κ3) is 4.00. The maximum absolute atomic E-state index is 13.2. The van der Waals surface area contributed by atoms with Gasteiger partial charge in [-0.1, -0.05) is 0 Å². The van der Waals surface area contributed by atoms with Crippen molar-refractivity contribution in [2.75, 3.05) is 6.54 Å². The number of rotatable bonds is 7. The van der Waals surface area contributed by atoms with E-state index in [0.717, 1.165) is 48.5 Å². The monoisotopic (exact) mass is 329 g/mol. The molecule has 0 saturated carbocycles. The summed E-state index contributed by atoms with van der Waals surface area (Å²) in [5.74, 6) is 0.668. The van der Waals surface area contributed by atoms with Gasteiger partial charge in [-0.15, -0.1) is 0 Å². The number of nitrogens with zero attached hydrogens (tertiary/aromatic N) is 3. The van der Waals surface area contributed by atoms with Crippen LogP contribution in [0.4, 0.5) is 4.39 Å². The zero-order valence-corrected chi connectivity index (χ0v) is 14.4. The molecule has 0 amide bonds. The summed E-state index contributed by atoms with van der Waals surface area (Å²) in [6, 6.07) is 7.08. The highest BCUT2D eigenvalue weighted by Crippen LogP contribution is 2.13. The molecule has 128 valence electrons. The molecule has 1 atom stereocenters. The summed E-state index contributed by atoms with van der Waals surface area (Å²) in [6.45, 7) is 8.04. The second-order valence-electron chi connectivity index (χ2n) is 6.41. The van der Waals surface area contributed by atoms with E-state index in [1.54, 1.807) is 6.07 Å². The van der Waals surface area contributed by atoms with Crippen LogP contribution < -0.4 is 5.32 Å². The molecule has 1 unspecified atom stereocenters. The summed E-state index contributed by atoms with van der Waals surface area (Å²) in [5.41, 5.74) is 3.82. The van der Waals surface area contributed by atoms with Crippen molar-refractivity contribution in [3.8, 4) is 0 Å². The van der Waals surface area contributed by atoms with Crippen molar-refractivity contribution < 1.29 is 4.39 Å². The van der Waals surface area contributed by atoms with Crippen molar-refractivity contribution in [2.24, 2.45) is 0 Å². The van der Waals surface area contributed by atoms with Gasteiger partial charge >= 0.3 is 0 Å². The van der Waals surface area contributed by atoms with Crippen LogP contribution in [0.5, 0.6) is 0 Å². The molecular weight excluding hydrogens is 305 g/mol. The van der Waals surface area contributed by atoms with Crippen LogP contribution in [-0.2, 0) is 13.0 Å². The van der Waals surface area contributed by atoms with Crippen molar-refractivity contribution >= 4 is 11.0 Å². The van der Waals surface area contributed by atoms with Crippen LogP contribution in [0.3, 0.4) is 0 Å². The first-order valence-corrected chi connectivity index (χ1v) is 8.40. The molecule has 3 aromatic rings. The van der Waals surface area contributed by atoms with E-state index >= 15 is 0 Å². The first-order valence-electron chi connectivity index (χ1n) is 8.40. The Hall–Kier alpha value is -2.21. The molecule has 0 aliphatic heterocycles. The van der Waals surface area contributed by atoms with E-state index in [1.165, 1.54) is 17.8 Å². The number of benzene rings is 1. The van der Waals surface area contributed by atoms with Gasteiger partial charge in [-0.25, -0.2) is 9.37 Å². The molecule has 0 saturated heterocycles. The molecule has 1 aromatic carbocycles. The maximum atomic E-state index is 13.2. The molecule has 0 bridgehead atoms. The van der Waals surface area contributed by atoms with E-state index in [4.69, 9.17) is 0 Å². The molecule has 2 heterocycles. The molecule has 24 heavy (non-hydrogen) atoms. The Balaban J connectivity index is 1.45. The predicted octanol–water partition coefficient (Wildman–Crippen LogP) is 3.13. The summed E-state index contributed by atoms with van der Waals surface area (Å²) in [7, 11) is 0. The topological polar surface area (TPSA) is 58.5 Å². The van der Waals surface area contributed by atoms with E-state index in [9.17, 15) is 4.39 Å². The normalized spacial score (nSPS) is 12.8. The van der Waals surface area contributed by atoms with Gasteiger partial charge in [0.15, 0.2) is 0 Å². The highest BCUT2D eigenvalue weighted by Gasteiger charge is 2.07. The first-order chi connectivity index (χ1) is 11.5. The summed E-state index contributed by atoms with van der Waals surface area (Å²) < 4.78 is 15.2. The molecule has 0 spiro atoms. The van der Waals surface area contributed by atoms with Gasteiger partial charge in [0.1, 0.15) is 11.6 Å². The fourth-order valence-electron chi connectivity index (χ4n) is 2.94. The molecule has 0 aliphatic carbocycles. The van der Waals surface area contributed by atoms with Crippen molar-refractivity contribution in [1.82, 2.24) is 25.1 Å². The van der Waals surface area contributed by atoms with Crippen molar-refractivity contribution in [1.29, 1.82) is 0 Å². The van der Waals surface area contributed by atoms with Crippen molar-refractivity contribution in [3.05, 3.63) is 47.3 Å². The fourth-order valence-corrected chi connectivity index (χ4v) is 2.94. The van der Waals surface area contributed by atoms with Gasteiger partial charge in [-0.05, 0) is 58.0 Å². The van der Waals surface area contributed by atoms with Gasteiger partial charge in [-0.3, -0.25) is 4.68 Å². The van der Waals surface area contributed by atoms with Crippen molar-refractivity contribution in [2.45, 2.75) is 46.2 Å². The minimum atomic E-state index is -0.239. The van der Waals surface area contributed by atoms with E-state index in [-0.39, 0.29) is 5.82 Å². The molecular formula is C18H24FN5. The Kier molecular flexibility index (Phi) is 4.94. The van der Waals surface area contributed by atoms with E-state index in [1.807, 2.05) is 11.6 Å². The first kappa shape index (κ1) is 16.6. The van der Waals surface area contributed by atoms with Crippen LogP contribution in [-0.4, -0.2) is 32.3 Å². The fraction of sp³-hybridized carbons (Fsp3) is 0.444. The summed E-state index contributed by atoms with van der Waals surface area (Å²) in [4.78, 5) is 7.67. The highest BCUT2D eigenvalue weighted by molar-refractivity contribution is 5.74. The van der Waals surface area contributed by atoms with Gasteiger partial charge in [0, 0.05) is 18.2 Å². The standard InChI is InChI=1S/C18H24FN5/c1-12-9-14(3)24(23-12)11-13(2)20-8-4-5-18-21-16-7-6-15(19)10-17(16)22-18/h6-7,9-10,13,20H,4-5,8,11H2,1-3H3,(H,21,22). The minimum absolute atomic E-state index is 0.239. The predicted molar refractivity (Wildman–Crippen MR) is 93.5 cm³/mol. The summed E-state index contributed by atoms with van der Waals surface area (Å²) in [6.07, 6.45) is 1.82. The Morgan fingerprint density at radius 2 is 2.12 bits per heavy atom. The maximum Gasteiger partial charge on any atom is 0.125 e.